The van der Waals surface area contributed by atoms with Crippen LogP contribution < -0.4 is 14.4 Å². The van der Waals surface area contributed by atoms with Crippen molar-refractivity contribution in [3.05, 3.63) is 94.0 Å². The summed E-state index contributed by atoms with van der Waals surface area (Å²) in [7, 11) is 1.65. The highest BCUT2D eigenvalue weighted by atomic mass is 32.1. The van der Waals surface area contributed by atoms with E-state index in [1.807, 2.05) is 25.1 Å². The molecule has 12 heteroatoms. The molecule has 5 rings (SSSR count). The summed E-state index contributed by atoms with van der Waals surface area (Å²) in [6, 6.07) is 18.1. The maximum atomic E-state index is 13.4. The number of anilines is 1. The van der Waals surface area contributed by atoms with Gasteiger partial charge in [-0.05, 0) is 82.1 Å². The summed E-state index contributed by atoms with van der Waals surface area (Å²) in [6.45, 7) is 10.8. The topological polar surface area (TPSA) is 81.2 Å². The fourth-order valence-electron chi connectivity index (χ4n) is 5.74. The van der Waals surface area contributed by atoms with Crippen LogP contribution in [0.4, 0.5) is 18.9 Å². The molecule has 1 aliphatic rings. The first-order chi connectivity index (χ1) is 23.8. The maximum absolute atomic E-state index is 13.4. The molecule has 0 bridgehead atoms. The molecule has 1 saturated heterocycles. The molecular weight excluding hydrogens is 667 g/mol. The lowest BCUT2D eigenvalue weighted by molar-refractivity contribution is -0.158. The van der Waals surface area contributed by atoms with E-state index in [-0.39, 0.29) is 18.8 Å². The number of alkyl halides is 3. The summed E-state index contributed by atoms with van der Waals surface area (Å²) in [4.78, 5) is 36.2. The molecule has 0 saturated carbocycles. The first-order valence-corrected chi connectivity index (χ1v) is 17.4. The number of Topliss-reactive ketones (excluding diaryl/α,β-unsaturated/α-hetero) is 1. The number of thiazole rings is 1. The normalized spacial score (nSPS) is 14.0. The van der Waals surface area contributed by atoms with Gasteiger partial charge in [-0.15, -0.1) is 11.3 Å². The zero-order valence-corrected chi connectivity index (χ0v) is 29.7. The van der Waals surface area contributed by atoms with Crippen molar-refractivity contribution in [2.75, 3.05) is 44.8 Å². The highest BCUT2D eigenvalue weighted by Gasteiger charge is 2.32. The lowest BCUT2D eigenvalue weighted by atomic mass is 10.0. The average molecular weight is 710 g/mol. The van der Waals surface area contributed by atoms with Crippen molar-refractivity contribution in [1.82, 2.24) is 9.88 Å². The zero-order chi connectivity index (χ0) is 36.1. The van der Waals surface area contributed by atoms with Crippen LogP contribution in [0, 0.1) is 6.92 Å². The predicted molar refractivity (Wildman–Crippen MR) is 188 cm³/mol. The second kappa shape index (κ2) is 15.6. The molecule has 0 amide bonds. The lowest BCUT2D eigenvalue weighted by Crippen LogP contribution is -2.46. The molecule has 0 spiro atoms. The molecule has 0 aliphatic carbocycles. The van der Waals surface area contributed by atoms with Crippen LogP contribution in [-0.2, 0) is 28.7 Å². The highest BCUT2D eigenvalue weighted by molar-refractivity contribution is 7.15. The Balaban J connectivity index is 1.30. The van der Waals surface area contributed by atoms with Crippen LogP contribution in [0.25, 0.3) is 10.6 Å². The van der Waals surface area contributed by atoms with Crippen LogP contribution in [0.15, 0.2) is 66.7 Å². The van der Waals surface area contributed by atoms with Crippen LogP contribution in [0.5, 0.6) is 11.5 Å². The van der Waals surface area contributed by atoms with Crippen LogP contribution in [0.1, 0.15) is 59.2 Å². The van der Waals surface area contributed by atoms with E-state index in [1.165, 1.54) is 23.5 Å². The monoisotopic (exact) mass is 709 g/mol. The minimum Gasteiger partial charge on any atom is -0.497 e. The Kier molecular flexibility index (Phi) is 11.5. The molecule has 266 valence electrons. The van der Waals surface area contributed by atoms with E-state index in [2.05, 4.69) is 15.9 Å². The fourth-order valence-corrected chi connectivity index (χ4v) is 6.82. The Morgan fingerprint density at radius 3 is 2.32 bits per heavy atom. The number of esters is 1. The van der Waals surface area contributed by atoms with Crippen LogP contribution >= 0.6 is 11.3 Å². The number of ketones is 1. The van der Waals surface area contributed by atoms with Gasteiger partial charge in [0.2, 0.25) is 0 Å². The number of carbonyl (C=O) groups excluding carboxylic acids is 2. The quantitative estimate of drug-likeness (QED) is 0.102. The van der Waals surface area contributed by atoms with Crippen molar-refractivity contribution < 1.29 is 37.0 Å². The lowest BCUT2D eigenvalue weighted by Gasteiger charge is -2.36. The molecule has 0 unspecified atom stereocenters. The van der Waals surface area contributed by atoms with Gasteiger partial charge in [0.1, 0.15) is 16.5 Å². The molecule has 50 heavy (non-hydrogen) atoms. The smallest absolute Gasteiger partial charge is 0.416 e. The van der Waals surface area contributed by atoms with Gasteiger partial charge in [0.05, 0.1) is 25.0 Å². The van der Waals surface area contributed by atoms with E-state index in [0.29, 0.717) is 40.4 Å². The molecule has 0 N–H and O–H groups in total. The van der Waals surface area contributed by atoms with Crippen molar-refractivity contribution in [2.45, 2.75) is 58.9 Å². The van der Waals surface area contributed by atoms with E-state index < -0.39 is 23.3 Å². The standard InChI is InChI=1S/C38H42F3N3O5S/c1-6-48-36(46)37(3,4)49-33-16-12-27(22-25(33)2)32(45)15-17-34-31(42-35(50-34)26-10-13-28(14-11-26)38(39,40)41)24-43-18-20-44(21-19-43)29-8-7-9-30(23-29)47-5/h7-14,16,22-23H,6,15,17-21,24H2,1-5H3. The third-order valence-electron chi connectivity index (χ3n) is 8.61. The Morgan fingerprint density at radius 2 is 1.68 bits per heavy atom. The number of hydrogen-bond donors (Lipinski definition) is 0. The number of nitrogens with zero attached hydrogens (tertiary/aromatic N) is 3. The number of carbonyl (C=O) groups is 2. The van der Waals surface area contributed by atoms with Gasteiger partial charge in [0, 0.05) is 66.9 Å². The van der Waals surface area contributed by atoms with E-state index in [9.17, 15) is 22.8 Å². The zero-order valence-electron chi connectivity index (χ0n) is 28.9. The first-order valence-electron chi connectivity index (χ1n) is 16.5. The number of hydrogen-bond acceptors (Lipinski definition) is 9. The van der Waals surface area contributed by atoms with Crippen molar-refractivity contribution in [3.63, 3.8) is 0 Å². The van der Waals surface area contributed by atoms with Crippen molar-refractivity contribution in [1.29, 1.82) is 0 Å². The minimum atomic E-state index is -4.43. The van der Waals surface area contributed by atoms with E-state index in [0.717, 1.165) is 60.3 Å². The van der Waals surface area contributed by atoms with E-state index in [1.54, 1.807) is 46.1 Å². The van der Waals surface area contributed by atoms with E-state index >= 15 is 0 Å². The molecule has 0 atom stereocenters. The molecule has 1 aliphatic heterocycles. The number of piperazine rings is 1. The second-order valence-electron chi connectivity index (χ2n) is 12.7. The molecule has 1 aromatic heterocycles. The minimum absolute atomic E-state index is 0.0633. The van der Waals surface area contributed by atoms with Gasteiger partial charge in [-0.25, -0.2) is 9.78 Å². The van der Waals surface area contributed by atoms with Crippen LogP contribution in [0.3, 0.4) is 0 Å². The first kappa shape index (κ1) is 36.9. The van der Waals surface area contributed by atoms with E-state index in [4.69, 9.17) is 19.2 Å². The SMILES string of the molecule is CCOC(=O)C(C)(C)Oc1ccc(C(=O)CCc2sc(-c3ccc(C(F)(F)F)cc3)nc2CN2CCN(c3cccc(OC)c3)CC2)cc1C. The molecule has 8 nitrogen and oxygen atoms in total. The number of rotatable bonds is 13. The van der Waals surface area contributed by atoms with Crippen molar-refractivity contribution in [2.24, 2.45) is 0 Å². The summed E-state index contributed by atoms with van der Waals surface area (Å²) in [6.07, 6.45) is -3.77. The second-order valence-corrected chi connectivity index (χ2v) is 13.7. The van der Waals surface area contributed by atoms with Gasteiger partial charge in [-0.2, -0.15) is 13.2 Å². The summed E-state index contributed by atoms with van der Waals surface area (Å²) >= 11 is 1.41. The summed E-state index contributed by atoms with van der Waals surface area (Å²) in [5.74, 6) is 0.748. The Hall–Kier alpha value is -4.42. The summed E-state index contributed by atoms with van der Waals surface area (Å²) < 4.78 is 56.2. The van der Waals surface area contributed by atoms with Gasteiger partial charge in [-0.3, -0.25) is 9.69 Å². The third kappa shape index (κ3) is 9.02. The molecule has 1 fully saturated rings. The average Bonchev–Trinajstić information content (AvgIpc) is 3.50. The highest BCUT2D eigenvalue weighted by Crippen LogP contribution is 2.34. The summed E-state index contributed by atoms with van der Waals surface area (Å²) in [5.41, 5.74) is 1.85. The van der Waals surface area contributed by atoms with Gasteiger partial charge < -0.3 is 19.1 Å². The third-order valence-corrected chi connectivity index (χ3v) is 9.82. The Morgan fingerprint density at radius 1 is 0.960 bits per heavy atom. The molecule has 2 heterocycles. The van der Waals surface area contributed by atoms with Crippen LogP contribution in [-0.4, -0.2) is 67.1 Å². The Labute approximate surface area is 294 Å². The van der Waals surface area contributed by atoms with Gasteiger partial charge >= 0.3 is 12.1 Å². The van der Waals surface area contributed by atoms with Crippen molar-refractivity contribution in [3.8, 4) is 22.1 Å². The number of aromatic nitrogens is 1. The largest absolute Gasteiger partial charge is 0.497 e. The molecular formula is C38H42F3N3O5S. The fraction of sp³-hybridized carbons (Fsp3) is 0.395. The van der Waals surface area contributed by atoms with Crippen molar-refractivity contribution >= 4 is 28.8 Å². The number of methoxy groups -OCH3 is 1. The summed E-state index contributed by atoms with van der Waals surface area (Å²) in [5, 5.41) is 0.618. The molecule has 0 radical (unpaired) electrons. The maximum Gasteiger partial charge on any atom is 0.416 e. The van der Waals surface area contributed by atoms with Gasteiger partial charge in [-0.1, -0.05) is 18.2 Å². The molecule has 3 aromatic carbocycles. The Bertz CT molecular complexity index is 1800. The number of benzene rings is 3. The predicted octanol–water partition coefficient (Wildman–Crippen LogP) is 8.00. The molecule has 4 aromatic rings. The number of ether oxygens (including phenoxy) is 3. The van der Waals surface area contributed by atoms with Gasteiger partial charge in [0.25, 0.3) is 0 Å². The number of halogens is 3. The number of aryl methyl sites for hydroxylation is 2. The van der Waals surface area contributed by atoms with Gasteiger partial charge in [0.15, 0.2) is 11.4 Å². The van der Waals surface area contributed by atoms with Crippen LogP contribution in [0.2, 0.25) is 0 Å².